The number of hydrogen-bond donors (Lipinski definition) is 1. The summed E-state index contributed by atoms with van der Waals surface area (Å²) in [7, 11) is 1.35. The van der Waals surface area contributed by atoms with Crippen molar-refractivity contribution in [3.63, 3.8) is 0 Å². The minimum Gasteiger partial charge on any atom is -0.468 e. The first-order chi connectivity index (χ1) is 9.55. The van der Waals surface area contributed by atoms with E-state index in [1.807, 2.05) is 11.0 Å². The van der Waals surface area contributed by atoms with Crippen molar-refractivity contribution >= 4 is 21.9 Å². The molecule has 0 amide bonds. The molecule has 1 heterocycles. The van der Waals surface area contributed by atoms with Crippen LogP contribution in [0.3, 0.4) is 0 Å². The molecule has 0 aromatic heterocycles. The number of aliphatic hydroxyl groups excluding tert-OH is 1. The van der Waals surface area contributed by atoms with E-state index in [4.69, 9.17) is 10.00 Å². The topological polar surface area (TPSA) is 73.6 Å². The van der Waals surface area contributed by atoms with Crippen molar-refractivity contribution in [2.45, 2.75) is 25.1 Å². The van der Waals surface area contributed by atoms with Gasteiger partial charge in [-0.3, -0.25) is 9.69 Å². The molecule has 5 nitrogen and oxygen atoms in total. The number of benzene rings is 1. The SMILES string of the molecule is COC(=O)[C@H]1C[C@H](O)CN1Cc1ccc(C#N)cc1Br. The number of hydrogen-bond acceptors (Lipinski definition) is 5. The molecule has 1 aromatic carbocycles. The van der Waals surface area contributed by atoms with Crippen molar-refractivity contribution in [1.29, 1.82) is 5.26 Å². The van der Waals surface area contributed by atoms with Gasteiger partial charge in [0.2, 0.25) is 0 Å². The number of likely N-dealkylation sites (tertiary alicyclic amines) is 1. The van der Waals surface area contributed by atoms with Gasteiger partial charge in [-0.2, -0.15) is 5.26 Å². The van der Waals surface area contributed by atoms with E-state index in [0.29, 0.717) is 25.1 Å². The Morgan fingerprint density at radius 2 is 2.40 bits per heavy atom. The fraction of sp³-hybridized carbons (Fsp3) is 0.429. The third kappa shape index (κ3) is 3.18. The third-order valence-corrected chi connectivity index (χ3v) is 4.15. The first-order valence-electron chi connectivity index (χ1n) is 6.23. The normalized spacial score (nSPS) is 22.5. The summed E-state index contributed by atoms with van der Waals surface area (Å²) in [5.74, 6) is -0.327. The summed E-state index contributed by atoms with van der Waals surface area (Å²) in [6, 6.07) is 6.98. The zero-order valence-electron chi connectivity index (χ0n) is 11.0. The number of nitriles is 1. The van der Waals surface area contributed by atoms with E-state index in [1.165, 1.54) is 7.11 Å². The number of carbonyl (C=O) groups is 1. The quantitative estimate of drug-likeness (QED) is 0.844. The number of halogens is 1. The fourth-order valence-electron chi connectivity index (χ4n) is 2.40. The van der Waals surface area contributed by atoms with Crippen molar-refractivity contribution < 1.29 is 14.6 Å². The van der Waals surface area contributed by atoms with E-state index < -0.39 is 12.1 Å². The number of aliphatic hydroxyl groups is 1. The molecule has 0 spiro atoms. The monoisotopic (exact) mass is 338 g/mol. The molecule has 0 saturated carbocycles. The Morgan fingerprint density at radius 3 is 3.00 bits per heavy atom. The molecule has 0 radical (unpaired) electrons. The molecule has 0 bridgehead atoms. The highest BCUT2D eigenvalue weighted by Gasteiger charge is 2.36. The van der Waals surface area contributed by atoms with Crippen molar-refractivity contribution in [1.82, 2.24) is 4.90 Å². The minimum atomic E-state index is -0.517. The molecule has 6 heteroatoms. The van der Waals surface area contributed by atoms with Crippen LogP contribution in [0.1, 0.15) is 17.5 Å². The Morgan fingerprint density at radius 1 is 1.65 bits per heavy atom. The lowest BCUT2D eigenvalue weighted by Crippen LogP contribution is -2.36. The van der Waals surface area contributed by atoms with Gasteiger partial charge < -0.3 is 9.84 Å². The zero-order valence-corrected chi connectivity index (χ0v) is 12.6. The number of nitrogens with zero attached hydrogens (tertiary/aromatic N) is 2. The lowest BCUT2D eigenvalue weighted by Gasteiger charge is -2.22. The number of ether oxygens (including phenoxy) is 1. The second-order valence-corrected chi connectivity index (χ2v) is 5.63. The van der Waals surface area contributed by atoms with Crippen LogP contribution < -0.4 is 0 Å². The zero-order chi connectivity index (χ0) is 14.7. The number of carbonyl (C=O) groups excluding carboxylic acids is 1. The maximum absolute atomic E-state index is 11.7. The maximum Gasteiger partial charge on any atom is 0.323 e. The molecule has 2 atom stereocenters. The van der Waals surface area contributed by atoms with Crippen LogP contribution in [0.25, 0.3) is 0 Å². The summed E-state index contributed by atoms with van der Waals surface area (Å²) in [6.45, 7) is 0.954. The van der Waals surface area contributed by atoms with E-state index in [-0.39, 0.29) is 5.97 Å². The predicted octanol–water partition coefficient (Wildman–Crippen LogP) is 1.43. The summed E-state index contributed by atoms with van der Waals surface area (Å²) in [5, 5.41) is 18.6. The van der Waals surface area contributed by atoms with Crippen LogP contribution in [0.5, 0.6) is 0 Å². The number of β-amino-alcohol motifs (C(OH)–C–C–N with tert-alkyl or cyclic N) is 1. The van der Waals surface area contributed by atoms with Crippen LogP contribution in [0, 0.1) is 11.3 Å². The van der Waals surface area contributed by atoms with Gasteiger partial charge in [-0.05, 0) is 17.7 Å². The van der Waals surface area contributed by atoms with Crippen molar-refractivity contribution in [3.05, 3.63) is 33.8 Å². The van der Waals surface area contributed by atoms with Gasteiger partial charge in [-0.25, -0.2) is 0 Å². The van der Waals surface area contributed by atoms with Crippen LogP contribution in [-0.4, -0.2) is 41.8 Å². The Labute approximate surface area is 125 Å². The van der Waals surface area contributed by atoms with Crippen LogP contribution in [0.2, 0.25) is 0 Å². The summed E-state index contributed by atoms with van der Waals surface area (Å²) in [6.07, 6.45) is -0.128. The van der Waals surface area contributed by atoms with Gasteiger partial charge in [0, 0.05) is 24.0 Å². The molecule has 0 unspecified atom stereocenters. The van der Waals surface area contributed by atoms with Crippen LogP contribution in [-0.2, 0) is 16.1 Å². The van der Waals surface area contributed by atoms with Gasteiger partial charge in [0.25, 0.3) is 0 Å². The minimum absolute atomic E-state index is 0.327. The lowest BCUT2D eigenvalue weighted by atomic mass is 10.1. The molecule has 106 valence electrons. The summed E-state index contributed by atoms with van der Waals surface area (Å²) >= 11 is 3.43. The van der Waals surface area contributed by atoms with Gasteiger partial charge in [0.05, 0.1) is 24.8 Å². The van der Waals surface area contributed by atoms with Crippen LogP contribution >= 0.6 is 15.9 Å². The second kappa shape index (κ2) is 6.35. The fourth-order valence-corrected chi connectivity index (χ4v) is 2.90. The molecule has 20 heavy (non-hydrogen) atoms. The van der Waals surface area contributed by atoms with Crippen molar-refractivity contribution in [2.24, 2.45) is 0 Å². The molecular weight excluding hydrogens is 324 g/mol. The van der Waals surface area contributed by atoms with Crippen molar-refractivity contribution in [2.75, 3.05) is 13.7 Å². The van der Waals surface area contributed by atoms with Crippen LogP contribution in [0.4, 0.5) is 0 Å². The van der Waals surface area contributed by atoms with E-state index in [9.17, 15) is 9.90 Å². The van der Waals surface area contributed by atoms with E-state index >= 15 is 0 Å². The Hall–Kier alpha value is -1.42. The van der Waals surface area contributed by atoms with Gasteiger partial charge in [0.15, 0.2) is 0 Å². The van der Waals surface area contributed by atoms with Gasteiger partial charge in [0.1, 0.15) is 6.04 Å². The highest BCUT2D eigenvalue weighted by Crippen LogP contribution is 2.25. The Balaban J connectivity index is 2.16. The van der Waals surface area contributed by atoms with E-state index in [0.717, 1.165) is 10.0 Å². The summed E-state index contributed by atoms with van der Waals surface area (Å²) < 4.78 is 5.59. The molecule has 2 rings (SSSR count). The lowest BCUT2D eigenvalue weighted by molar-refractivity contribution is -0.146. The molecule has 0 aliphatic carbocycles. The molecule has 1 N–H and O–H groups in total. The summed E-state index contributed by atoms with van der Waals surface area (Å²) in [4.78, 5) is 13.6. The molecule has 1 fully saturated rings. The molecule has 1 aliphatic heterocycles. The average molecular weight is 339 g/mol. The van der Waals surface area contributed by atoms with E-state index in [1.54, 1.807) is 12.1 Å². The van der Waals surface area contributed by atoms with Gasteiger partial charge in [-0.1, -0.05) is 22.0 Å². The highest BCUT2D eigenvalue weighted by molar-refractivity contribution is 9.10. The molecule has 1 aromatic rings. The van der Waals surface area contributed by atoms with E-state index in [2.05, 4.69) is 22.0 Å². The Bertz CT molecular complexity index is 556. The highest BCUT2D eigenvalue weighted by atomic mass is 79.9. The number of rotatable bonds is 3. The third-order valence-electron chi connectivity index (χ3n) is 3.41. The standard InChI is InChI=1S/C14H15BrN2O3/c1-20-14(19)13-5-11(18)8-17(13)7-10-3-2-9(6-16)4-12(10)15/h2-4,11,13,18H,5,7-8H2,1H3/t11-,13+/m0/s1. The predicted molar refractivity (Wildman–Crippen MR) is 75.7 cm³/mol. The second-order valence-electron chi connectivity index (χ2n) is 4.78. The van der Waals surface area contributed by atoms with Crippen molar-refractivity contribution in [3.8, 4) is 6.07 Å². The largest absolute Gasteiger partial charge is 0.468 e. The smallest absolute Gasteiger partial charge is 0.323 e. The number of esters is 1. The van der Waals surface area contributed by atoms with Gasteiger partial charge >= 0.3 is 5.97 Å². The maximum atomic E-state index is 11.7. The molecule has 1 aliphatic rings. The average Bonchev–Trinajstić information content (AvgIpc) is 2.81. The van der Waals surface area contributed by atoms with Gasteiger partial charge in [-0.15, -0.1) is 0 Å². The first kappa shape index (κ1) is 15.0. The number of methoxy groups -OCH3 is 1. The summed E-state index contributed by atoms with van der Waals surface area (Å²) in [5.41, 5.74) is 1.54. The molecular formula is C14H15BrN2O3. The molecule has 1 saturated heterocycles. The Kier molecular flexibility index (Phi) is 4.76. The van der Waals surface area contributed by atoms with Crippen LogP contribution in [0.15, 0.2) is 22.7 Å². The first-order valence-corrected chi connectivity index (χ1v) is 7.03.